The fourth-order valence-corrected chi connectivity index (χ4v) is 2.22. The van der Waals surface area contributed by atoms with E-state index in [1.807, 2.05) is 13.0 Å². The van der Waals surface area contributed by atoms with Gasteiger partial charge >= 0.3 is 0 Å². The van der Waals surface area contributed by atoms with Crippen molar-refractivity contribution in [2.75, 3.05) is 17.7 Å². The van der Waals surface area contributed by atoms with Crippen LogP contribution in [0.25, 0.3) is 0 Å². The molecule has 0 unspecified atom stereocenters. The zero-order valence-corrected chi connectivity index (χ0v) is 13.0. The summed E-state index contributed by atoms with van der Waals surface area (Å²) >= 11 is 2.96. The number of carbonyl (C=O) groups excluding carboxylic acids is 1. The molecule has 0 saturated carbocycles. The Balaban J connectivity index is 2.34. The molecule has 6 heteroatoms. The van der Waals surface area contributed by atoms with Crippen LogP contribution in [0.1, 0.15) is 15.9 Å². The van der Waals surface area contributed by atoms with Crippen molar-refractivity contribution >= 4 is 33.2 Å². The largest absolute Gasteiger partial charge is 0.387 e. The molecule has 0 radical (unpaired) electrons. The van der Waals surface area contributed by atoms with E-state index in [9.17, 15) is 13.6 Å². The third-order valence-corrected chi connectivity index (χ3v) is 3.55. The minimum atomic E-state index is -0.831. The highest BCUT2D eigenvalue weighted by molar-refractivity contribution is 9.10. The van der Waals surface area contributed by atoms with Crippen LogP contribution in [0.3, 0.4) is 0 Å². The zero-order valence-electron chi connectivity index (χ0n) is 11.4. The minimum Gasteiger partial charge on any atom is -0.387 e. The van der Waals surface area contributed by atoms with Crippen LogP contribution in [0.2, 0.25) is 0 Å². The van der Waals surface area contributed by atoms with Crippen LogP contribution in [-0.2, 0) is 0 Å². The first-order valence-corrected chi connectivity index (χ1v) is 6.96. The van der Waals surface area contributed by atoms with E-state index in [0.717, 1.165) is 11.6 Å². The summed E-state index contributed by atoms with van der Waals surface area (Å²) in [7, 11) is 1.69. The minimum absolute atomic E-state index is 0.0808. The van der Waals surface area contributed by atoms with Gasteiger partial charge in [0.25, 0.3) is 5.91 Å². The fourth-order valence-electron chi connectivity index (χ4n) is 1.87. The average Bonchev–Trinajstić information content (AvgIpc) is 2.44. The summed E-state index contributed by atoms with van der Waals surface area (Å²) in [5.41, 5.74) is 1.83. The molecule has 0 heterocycles. The lowest BCUT2D eigenvalue weighted by Crippen LogP contribution is -2.15. The van der Waals surface area contributed by atoms with Gasteiger partial charge in [-0.15, -0.1) is 0 Å². The van der Waals surface area contributed by atoms with Crippen LogP contribution in [0.15, 0.2) is 34.8 Å². The van der Waals surface area contributed by atoms with Crippen molar-refractivity contribution in [1.29, 1.82) is 0 Å². The van der Waals surface area contributed by atoms with Gasteiger partial charge in [0.05, 0.1) is 15.7 Å². The molecule has 3 nitrogen and oxygen atoms in total. The standard InChI is InChI=1S/C15H13BrF2N2O/c1-8-3-4-13(19-2)9(5-8)15(21)20-14-6-10(16)11(17)7-12(14)18/h3-7,19H,1-2H3,(H,20,21). The van der Waals surface area contributed by atoms with E-state index in [2.05, 4.69) is 26.6 Å². The average molecular weight is 355 g/mol. The highest BCUT2D eigenvalue weighted by atomic mass is 79.9. The molecule has 0 bridgehead atoms. The van der Waals surface area contributed by atoms with Gasteiger partial charge in [-0.2, -0.15) is 0 Å². The maximum absolute atomic E-state index is 13.7. The second kappa shape index (κ2) is 6.22. The van der Waals surface area contributed by atoms with Gasteiger partial charge in [0.2, 0.25) is 0 Å². The van der Waals surface area contributed by atoms with E-state index in [-0.39, 0.29) is 10.2 Å². The summed E-state index contributed by atoms with van der Waals surface area (Å²) in [4.78, 5) is 12.3. The summed E-state index contributed by atoms with van der Waals surface area (Å²) in [5, 5.41) is 5.35. The molecule has 0 aliphatic heterocycles. The molecule has 110 valence electrons. The molecule has 0 saturated heterocycles. The number of hydrogen-bond donors (Lipinski definition) is 2. The molecule has 0 aliphatic carbocycles. The summed E-state index contributed by atoms with van der Waals surface area (Å²) in [6.45, 7) is 1.85. The highest BCUT2D eigenvalue weighted by Crippen LogP contribution is 2.25. The summed E-state index contributed by atoms with van der Waals surface area (Å²) in [6.07, 6.45) is 0. The van der Waals surface area contributed by atoms with Gasteiger partial charge in [0, 0.05) is 18.8 Å². The second-order valence-electron chi connectivity index (χ2n) is 4.50. The Morgan fingerprint density at radius 2 is 1.81 bits per heavy atom. The van der Waals surface area contributed by atoms with E-state index < -0.39 is 17.5 Å². The molecule has 1 amide bonds. The van der Waals surface area contributed by atoms with Crippen LogP contribution in [0.5, 0.6) is 0 Å². The van der Waals surface area contributed by atoms with Crippen molar-refractivity contribution in [1.82, 2.24) is 0 Å². The first kappa shape index (κ1) is 15.4. The SMILES string of the molecule is CNc1ccc(C)cc1C(=O)Nc1cc(Br)c(F)cc1F. The number of aryl methyl sites for hydroxylation is 1. The monoisotopic (exact) mass is 354 g/mol. The van der Waals surface area contributed by atoms with E-state index in [4.69, 9.17) is 0 Å². The number of rotatable bonds is 3. The van der Waals surface area contributed by atoms with Crippen molar-refractivity contribution in [3.63, 3.8) is 0 Å². The lowest BCUT2D eigenvalue weighted by molar-refractivity contribution is 0.102. The number of halogens is 3. The number of carbonyl (C=O) groups is 1. The van der Waals surface area contributed by atoms with Crippen molar-refractivity contribution in [3.8, 4) is 0 Å². The number of anilines is 2. The number of amides is 1. The van der Waals surface area contributed by atoms with E-state index in [0.29, 0.717) is 11.3 Å². The summed E-state index contributed by atoms with van der Waals surface area (Å²) in [5.74, 6) is -2.03. The van der Waals surface area contributed by atoms with Gasteiger partial charge in [-0.1, -0.05) is 11.6 Å². The summed E-state index contributed by atoms with van der Waals surface area (Å²) in [6, 6.07) is 7.23. The first-order valence-electron chi connectivity index (χ1n) is 6.16. The fraction of sp³-hybridized carbons (Fsp3) is 0.133. The Labute approximate surface area is 129 Å². The molecule has 2 aromatic carbocycles. The van der Waals surface area contributed by atoms with Crippen molar-refractivity contribution in [2.45, 2.75) is 6.92 Å². The van der Waals surface area contributed by atoms with Gasteiger partial charge < -0.3 is 10.6 Å². The van der Waals surface area contributed by atoms with Gasteiger partial charge in [0.15, 0.2) is 0 Å². The Morgan fingerprint density at radius 3 is 2.48 bits per heavy atom. The van der Waals surface area contributed by atoms with Crippen molar-refractivity contribution in [2.24, 2.45) is 0 Å². The molecule has 0 spiro atoms. The lowest BCUT2D eigenvalue weighted by Gasteiger charge is -2.12. The third-order valence-electron chi connectivity index (χ3n) is 2.95. The normalized spacial score (nSPS) is 10.3. The van der Waals surface area contributed by atoms with E-state index >= 15 is 0 Å². The lowest BCUT2D eigenvalue weighted by atomic mass is 10.1. The maximum Gasteiger partial charge on any atom is 0.257 e. The Kier molecular flexibility index (Phi) is 4.57. The topological polar surface area (TPSA) is 41.1 Å². The molecular weight excluding hydrogens is 342 g/mol. The Morgan fingerprint density at radius 1 is 1.10 bits per heavy atom. The van der Waals surface area contributed by atoms with Crippen LogP contribution in [-0.4, -0.2) is 13.0 Å². The molecule has 2 rings (SSSR count). The third kappa shape index (κ3) is 3.39. The molecule has 0 atom stereocenters. The van der Waals surface area contributed by atoms with Crippen molar-refractivity contribution < 1.29 is 13.6 Å². The predicted octanol–water partition coefficient (Wildman–Crippen LogP) is 4.33. The quantitative estimate of drug-likeness (QED) is 0.805. The molecule has 0 aliphatic rings. The molecule has 2 N–H and O–H groups in total. The van der Waals surface area contributed by atoms with Gasteiger partial charge in [-0.25, -0.2) is 8.78 Å². The molecule has 0 aromatic heterocycles. The molecule has 2 aromatic rings. The zero-order chi connectivity index (χ0) is 15.6. The maximum atomic E-state index is 13.7. The van der Waals surface area contributed by atoms with Crippen LogP contribution in [0, 0.1) is 18.6 Å². The number of nitrogens with one attached hydrogen (secondary N) is 2. The number of hydrogen-bond acceptors (Lipinski definition) is 2. The highest BCUT2D eigenvalue weighted by Gasteiger charge is 2.15. The molecule has 21 heavy (non-hydrogen) atoms. The second-order valence-corrected chi connectivity index (χ2v) is 5.35. The van der Waals surface area contributed by atoms with Crippen LogP contribution in [0.4, 0.5) is 20.2 Å². The predicted molar refractivity (Wildman–Crippen MR) is 82.7 cm³/mol. The van der Waals surface area contributed by atoms with Crippen LogP contribution >= 0.6 is 15.9 Å². The van der Waals surface area contributed by atoms with Crippen molar-refractivity contribution in [3.05, 3.63) is 57.6 Å². The first-order chi connectivity index (χ1) is 9.92. The van der Waals surface area contributed by atoms with Gasteiger partial charge in [0.1, 0.15) is 11.6 Å². The van der Waals surface area contributed by atoms with Gasteiger partial charge in [-0.3, -0.25) is 4.79 Å². The Bertz CT molecular complexity index is 704. The van der Waals surface area contributed by atoms with E-state index in [1.165, 1.54) is 6.07 Å². The number of benzene rings is 2. The molecule has 0 fully saturated rings. The van der Waals surface area contributed by atoms with E-state index in [1.54, 1.807) is 19.2 Å². The Hall–Kier alpha value is -1.95. The van der Waals surface area contributed by atoms with Gasteiger partial charge in [-0.05, 0) is 41.1 Å². The smallest absolute Gasteiger partial charge is 0.257 e. The van der Waals surface area contributed by atoms with Crippen LogP contribution < -0.4 is 10.6 Å². The summed E-state index contributed by atoms with van der Waals surface area (Å²) < 4.78 is 26.9. The molecular formula is C15H13BrF2N2O.